The Morgan fingerprint density at radius 3 is 0.880 bits per heavy atom. The number of hydrogen-bond donors (Lipinski definition) is 3. The van der Waals surface area contributed by atoms with E-state index >= 15 is 0 Å². The third kappa shape index (κ3) is 6.64. The number of carbonyl (C=O) groups is 2. The Bertz CT molecular complexity index is 1320. The van der Waals surface area contributed by atoms with Crippen molar-refractivity contribution in [2.45, 2.75) is 90.2 Å². The van der Waals surface area contributed by atoms with E-state index in [0.717, 1.165) is 0 Å². The normalized spacial score (nSPS) is 16.6. The molecule has 0 spiro atoms. The fourth-order valence-electron chi connectivity index (χ4n) is 3.72. The van der Waals surface area contributed by atoms with Gasteiger partial charge in [-0.05, 0) is 0 Å². The second-order valence-corrected chi connectivity index (χ2v) is 11.3. The molecule has 0 radical (unpaired) electrons. The van der Waals surface area contributed by atoms with E-state index in [9.17, 15) is 123 Å². The number of carboxylic acid groups (broad SMARTS) is 2. The summed E-state index contributed by atoms with van der Waals surface area (Å²) < 4.78 is 358. The number of rotatable bonds is 18. The van der Waals surface area contributed by atoms with E-state index in [4.69, 9.17) is 14.8 Å². The largest absolute Gasteiger partial charge is 0.481 e. The first-order valence-corrected chi connectivity index (χ1v) is 12.6. The van der Waals surface area contributed by atoms with Crippen LogP contribution in [-0.2, 0) is 19.7 Å². The highest BCUT2D eigenvalue weighted by molar-refractivity contribution is 7.87. The van der Waals surface area contributed by atoms with Gasteiger partial charge in [0.05, 0.1) is 0 Å². The van der Waals surface area contributed by atoms with Gasteiger partial charge in [0.1, 0.15) is 5.41 Å². The van der Waals surface area contributed by atoms with Crippen LogP contribution >= 0.6 is 0 Å². The summed E-state index contributed by atoms with van der Waals surface area (Å²) in [6.45, 7) is 0. The second-order valence-electron chi connectivity index (χ2n) is 9.75. The van der Waals surface area contributed by atoms with Crippen LogP contribution in [0.3, 0.4) is 0 Å². The van der Waals surface area contributed by atoms with E-state index in [1.165, 1.54) is 0 Å². The van der Waals surface area contributed by atoms with E-state index < -0.39 is 118 Å². The lowest BCUT2D eigenvalue weighted by Crippen LogP contribution is -2.71. The van der Waals surface area contributed by atoms with Crippen molar-refractivity contribution in [2.24, 2.45) is 5.41 Å². The highest BCUT2D eigenvalue weighted by Gasteiger charge is 2.90. The van der Waals surface area contributed by atoms with Gasteiger partial charge in [0.25, 0.3) is 10.1 Å². The standard InChI is InChI=1S/C18H10F24O7S/c19-5(20)11(27,28)15(35,36)17(39,40)13(31,32)9(23,24)1-8(7(45)46,3(4(43)44)50(47,48)49)2-10(25,26)14(33,34)18(41,42)16(37,38)12(29,30)6(21)22/h3,5-6H,1-2H2,(H,43,44)(H,45,46)(H,47,48,49). The molecule has 0 aliphatic carbocycles. The first-order chi connectivity index (χ1) is 21.3. The molecule has 298 valence electrons. The van der Waals surface area contributed by atoms with E-state index in [-0.39, 0.29) is 0 Å². The Balaban J connectivity index is 8.15. The van der Waals surface area contributed by atoms with Crippen LogP contribution in [0.2, 0.25) is 0 Å². The summed E-state index contributed by atoms with van der Waals surface area (Å²) in [5.74, 6) is -93.1. The number of carboxylic acids is 2. The van der Waals surface area contributed by atoms with Crippen molar-refractivity contribution in [1.82, 2.24) is 0 Å². The summed E-state index contributed by atoms with van der Waals surface area (Å²) in [5, 5.41) is 12.3. The Hall–Kier alpha value is -2.83. The fraction of sp³-hybridized carbons (Fsp3) is 0.889. The third-order valence-electron chi connectivity index (χ3n) is 6.41. The summed E-state index contributed by atoms with van der Waals surface area (Å²) >= 11 is 0. The molecule has 50 heavy (non-hydrogen) atoms. The lowest BCUT2D eigenvalue weighted by atomic mass is 9.70. The summed E-state index contributed by atoms with van der Waals surface area (Å²) in [6, 6.07) is 0. The summed E-state index contributed by atoms with van der Waals surface area (Å²) in [6.07, 6.45) is -22.7. The molecule has 0 heterocycles. The Kier molecular flexibility index (Phi) is 12.0. The predicted molar refractivity (Wildman–Crippen MR) is 104 cm³/mol. The summed E-state index contributed by atoms with van der Waals surface area (Å²) in [5.41, 5.74) is -6.67. The zero-order valence-electron chi connectivity index (χ0n) is 22.1. The lowest BCUT2D eigenvalue weighted by molar-refractivity contribution is -0.419. The average Bonchev–Trinajstić information content (AvgIpc) is 2.85. The molecule has 32 heteroatoms. The van der Waals surface area contributed by atoms with Gasteiger partial charge in [-0.3, -0.25) is 14.1 Å². The minimum Gasteiger partial charge on any atom is -0.481 e. The molecule has 0 aromatic rings. The molecule has 1 unspecified atom stereocenters. The molecule has 0 saturated carbocycles. The van der Waals surface area contributed by atoms with Crippen molar-refractivity contribution in [3.63, 3.8) is 0 Å². The topological polar surface area (TPSA) is 129 Å². The zero-order valence-corrected chi connectivity index (χ0v) is 22.9. The van der Waals surface area contributed by atoms with Crippen LogP contribution in [0.4, 0.5) is 105 Å². The van der Waals surface area contributed by atoms with Crippen LogP contribution in [0.25, 0.3) is 0 Å². The number of hydrogen-bond acceptors (Lipinski definition) is 4. The van der Waals surface area contributed by atoms with Gasteiger partial charge in [0.15, 0.2) is 5.25 Å². The minimum absolute atomic E-state index is 4.13. The van der Waals surface area contributed by atoms with Crippen LogP contribution in [-0.4, -0.2) is 112 Å². The van der Waals surface area contributed by atoms with Gasteiger partial charge in [-0.25, -0.2) is 17.6 Å². The third-order valence-corrected chi connectivity index (χ3v) is 7.65. The van der Waals surface area contributed by atoms with Crippen molar-refractivity contribution >= 4 is 22.1 Å². The quantitative estimate of drug-likeness (QED) is 0.0998. The smallest absolute Gasteiger partial charge is 0.384 e. The maximum Gasteiger partial charge on any atom is 0.384 e. The number of alkyl halides is 24. The van der Waals surface area contributed by atoms with Gasteiger partial charge in [-0.15, -0.1) is 0 Å². The molecule has 0 amide bonds. The van der Waals surface area contributed by atoms with Crippen LogP contribution in [0.15, 0.2) is 0 Å². The van der Waals surface area contributed by atoms with Gasteiger partial charge in [-0.1, -0.05) is 0 Å². The van der Waals surface area contributed by atoms with Gasteiger partial charge in [-0.2, -0.15) is 96.2 Å². The molecule has 1 atom stereocenters. The molecule has 0 aliphatic heterocycles. The van der Waals surface area contributed by atoms with Crippen molar-refractivity contribution in [3.05, 3.63) is 0 Å². The van der Waals surface area contributed by atoms with E-state index in [2.05, 4.69) is 0 Å². The highest BCUT2D eigenvalue weighted by Crippen LogP contribution is 2.64. The molecule has 0 rings (SSSR count). The molecule has 0 bridgehead atoms. The van der Waals surface area contributed by atoms with E-state index in [0.29, 0.717) is 0 Å². The molecule has 0 fully saturated rings. The molecular weight excluding hydrogens is 816 g/mol. The highest BCUT2D eigenvalue weighted by atomic mass is 32.2. The van der Waals surface area contributed by atoms with Crippen molar-refractivity contribution in [1.29, 1.82) is 0 Å². The van der Waals surface area contributed by atoms with Crippen molar-refractivity contribution in [3.8, 4) is 0 Å². The first-order valence-electron chi connectivity index (χ1n) is 11.1. The van der Waals surface area contributed by atoms with Gasteiger partial charge in [0.2, 0.25) is 0 Å². The molecular formula is C18H10F24O7S. The van der Waals surface area contributed by atoms with Gasteiger partial charge >= 0.3 is 84.0 Å². The Labute approximate surface area is 256 Å². The molecule has 7 nitrogen and oxygen atoms in total. The zero-order chi connectivity index (χ0) is 41.3. The van der Waals surface area contributed by atoms with Crippen LogP contribution < -0.4 is 0 Å². The molecule has 0 saturated heterocycles. The monoisotopic (exact) mass is 826 g/mol. The Morgan fingerprint density at radius 2 is 0.720 bits per heavy atom. The van der Waals surface area contributed by atoms with E-state index in [1.807, 2.05) is 0 Å². The molecule has 0 aromatic carbocycles. The SMILES string of the molecule is O=C(O)C(C(CC(F)(F)C(F)(F)C(F)(F)C(F)(F)C(F)(F)C(F)F)(CC(F)(F)C(F)(F)C(F)(F)C(F)(F)C(F)(F)C(F)F)C(=O)O)S(=O)(=O)O. The van der Waals surface area contributed by atoms with Crippen LogP contribution in [0.1, 0.15) is 12.8 Å². The summed E-state index contributed by atoms with van der Waals surface area (Å²) in [4.78, 5) is 23.0. The number of halogens is 24. The van der Waals surface area contributed by atoms with Crippen LogP contribution in [0.5, 0.6) is 0 Å². The molecule has 0 aliphatic rings. The Morgan fingerprint density at radius 1 is 0.480 bits per heavy atom. The van der Waals surface area contributed by atoms with Crippen molar-refractivity contribution in [2.75, 3.05) is 0 Å². The average molecular weight is 826 g/mol. The van der Waals surface area contributed by atoms with Gasteiger partial charge < -0.3 is 10.2 Å². The minimum atomic E-state index is -8.83. The maximum atomic E-state index is 14.6. The first kappa shape index (κ1) is 47.2. The van der Waals surface area contributed by atoms with Crippen LogP contribution in [0, 0.1) is 5.41 Å². The molecule has 0 aromatic heterocycles. The lowest BCUT2D eigenvalue weighted by Gasteiger charge is -2.44. The van der Waals surface area contributed by atoms with E-state index in [1.54, 1.807) is 0 Å². The van der Waals surface area contributed by atoms with Crippen molar-refractivity contribution < 1.29 is 138 Å². The predicted octanol–water partition coefficient (Wildman–Crippen LogP) is 7.06. The molecule has 3 N–H and O–H groups in total. The van der Waals surface area contributed by atoms with Gasteiger partial charge in [0, 0.05) is 12.8 Å². The maximum absolute atomic E-state index is 14.6. The summed E-state index contributed by atoms with van der Waals surface area (Å²) in [7, 11) is -7.65. The second kappa shape index (κ2) is 12.7. The fourth-order valence-corrected chi connectivity index (χ4v) is 4.81. The number of aliphatic carboxylic acids is 2.